The lowest BCUT2D eigenvalue weighted by molar-refractivity contribution is -0.138. The largest absolute Gasteiger partial charge is 0.466 e. The van der Waals surface area contributed by atoms with Crippen molar-refractivity contribution >= 4 is 29.2 Å². The number of methoxy groups -OCH3 is 2. The molecule has 1 aromatic carbocycles. The van der Waals surface area contributed by atoms with Gasteiger partial charge in [0.25, 0.3) is 0 Å². The van der Waals surface area contributed by atoms with Crippen LogP contribution in [0.25, 0.3) is 0 Å². The molecule has 0 heterocycles. The Kier molecular flexibility index (Phi) is 6.54. The minimum absolute atomic E-state index is 0.0276. The first-order valence-electron chi connectivity index (χ1n) is 6.72. The Balaban J connectivity index is 3.38. The molecule has 0 aromatic heterocycles. The number of nitrogens with one attached hydrogen (secondary N) is 2. The number of carbonyl (C=O) groups is 3. The Morgan fingerprint density at radius 2 is 1.68 bits per heavy atom. The molecule has 0 aliphatic rings. The number of halogens is 3. The molecule has 0 radical (unpaired) electrons. The zero-order chi connectivity index (χ0) is 19.2. The number of esters is 2. The van der Waals surface area contributed by atoms with E-state index in [4.69, 9.17) is 0 Å². The summed E-state index contributed by atoms with van der Waals surface area (Å²) in [5, 5.41) is 4.67. The third-order valence-corrected chi connectivity index (χ3v) is 2.80. The minimum atomic E-state index is -4.65. The summed E-state index contributed by atoms with van der Waals surface area (Å²) in [6.07, 6.45) is -3.94. The van der Waals surface area contributed by atoms with E-state index in [-0.39, 0.29) is 11.4 Å². The molecule has 0 fully saturated rings. The standard InChI is InChI=1S/C15H15F3N2O5/c1-8(21)19-10-5-4-9(15(16,17)18)6-11(10)20-12(14(23)25-3)7-13(22)24-2/h4-7,20H,1-3H3,(H,19,21)/b12-7+. The molecule has 0 aliphatic heterocycles. The van der Waals surface area contributed by atoms with Gasteiger partial charge < -0.3 is 20.1 Å². The van der Waals surface area contributed by atoms with E-state index in [1.807, 2.05) is 0 Å². The summed E-state index contributed by atoms with van der Waals surface area (Å²) in [6.45, 7) is 1.16. The molecule has 0 saturated carbocycles. The summed E-state index contributed by atoms with van der Waals surface area (Å²) in [5.74, 6) is -2.49. The van der Waals surface area contributed by atoms with E-state index in [9.17, 15) is 27.6 Å². The highest BCUT2D eigenvalue weighted by atomic mass is 19.4. The number of alkyl halides is 3. The second-order valence-corrected chi connectivity index (χ2v) is 4.64. The van der Waals surface area contributed by atoms with Crippen LogP contribution in [0, 0.1) is 0 Å². The lowest BCUT2D eigenvalue weighted by Gasteiger charge is -2.16. The summed E-state index contributed by atoms with van der Waals surface area (Å²) >= 11 is 0. The van der Waals surface area contributed by atoms with Crippen molar-refractivity contribution in [2.24, 2.45) is 0 Å². The van der Waals surface area contributed by atoms with E-state index in [2.05, 4.69) is 20.1 Å². The first kappa shape index (κ1) is 20.0. The van der Waals surface area contributed by atoms with Crippen molar-refractivity contribution in [1.82, 2.24) is 0 Å². The van der Waals surface area contributed by atoms with Crippen LogP contribution < -0.4 is 10.6 Å². The van der Waals surface area contributed by atoms with E-state index < -0.39 is 35.3 Å². The number of rotatable bonds is 5. The lowest BCUT2D eigenvalue weighted by Crippen LogP contribution is -2.18. The van der Waals surface area contributed by atoms with Crippen molar-refractivity contribution in [3.8, 4) is 0 Å². The predicted octanol–water partition coefficient (Wildman–Crippen LogP) is 2.31. The smallest absolute Gasteiger partial charge is 0.416 e. The van der Waals surface area contributed by atoms with Crippen molar-refractivity contribution in [2.45, 2.75) is 13.1 Å². The molecule has 0 aliphatic carbocycles. The van der Waals surface area contributed by atoms with E-state index >= 15 is 0 Å². The topological polar surface area (TPSA) is 93.7 Å². The third-order valence-electron chi connectivity index (χ3n) is 2.80. The Labute approximate surface area is 140 Å². The lowest BCUT2D eigenvalue weighted by atomic mass is 10.1. The van der Waals surface area contributed by atoms with Crippen LogP contribution in [0.3, 0.4) is 0 Å². The molecule has 0 atom stereocenters. The van der Waals surface area contributed by atoms with Crippen LogP contribution in [-0.2, 0) is 30.0 Å². The van der Waals surface area contributed by atoms with E-state index in [1.54, 1.807) is 0 Å². The average Bonchev–Trinajstić information content (AvgIpc) is 2.53. The van der Waals surface area contributed by atoms with Gasteiger partial charge in [-0.05, 0) is 18.2 Å². The molecule has 0 saturated heterocycles. The molecule has 1 amide bonds. The first-order valence-corrected chi connectivity index (χ1v) is 6.72. The third kappa shape index (κ3) is 5.83. The Hall–Kier alpha value is -3.04. The highest BCUT2D eigenvalue weighted by Crippen LogP contribution is 2.34. The maximum Gasteiger partial charge on any atom is 0.416 e. The van der Waals surface area contributed by atoms with Gasteiger partial charge in [0.1, 0.15) is 5.70 Å². The van der Waals surface area contributed by atoms with Gasteiger partial charge in [-0.25, -0.2) is 9.59 Å². The number of amides is 1. The Morgan fingerprint density at radius 3 is 2.16 bits per heavy atom. The first-order chi connectivity index (χ1) is 11.6. The normalized spacial score (nSPS) is 11.5. The zero-order valence-corrected chi connectivity index (χ0v) is 13.5. The monoisotopic (exact) mass is 360 g/mol. The highest BCUT2D eigenvalue weighted by molar-refractivity contribution is 6.00. The molecular weight excluding hydrogens is 345 g/mol. The maximum absolute atomic E-state index is 12.9. The van der Waals surface area contributed by atoms with Gasteiger partial charge in [-0.15, -0.1) is 0 Å². The van der Waals surface area contributed by atoms with Crippen LogP contribution in [0.1, 0.15) is 12.5 Å². The molecule has 1 rings (SSSR count). The fourth-order valence-electron chi connectivity index (χ4n) is 1.70. The van der Waals surface area contributed by atoms with Crippen LogP contribution in [-0.4, -0.2) is 32.1 Å². The van der Waals surface area contributed by atoms with Crippen molar-refractivity contribution in [3.05, 3.63) is 35.5 Å². The van der Waals surface area contributed by atoms with Crippen molar-refractivity contribution in [3.63, 3.8) is 0 Å². The number of carbonyl (C=O) groups excluding carboxylic acids is 3. The van der Waals surface area contributed by atoms with Gasteiger partial charge >= 0.3 is 18.1 Å². The number of benzene rings is 1. The Morgan fingerprint density at radius 1 is 1.04 bits per heavy atom. The summed E-state index contributed by atoms with van der Waals surface area (Å²) < 4.78 is 47.5. The fourth-order valence-corrected chi connectivity index (χ4v) is 1.70. The van der Waals surface area contributed by atoms with Crippen LogP contribution in [0.15, 0.2) is 30.0 Å². The molecule has 0 spiro atoms. The van der Waals surface area contributed by atoms with Gasteiger partial charge in [0.05, 0.1) is 37.2 Å². The van der Waals surface area contributed by atoms with E-state index in [1.165, 1.54) is 0 Å². The van der Waals surface area contributed by atoms with Gasteiger partial charge in [-0.1, -0.05) is 0 Å². The molecule has 7 nitrogen and oxygen atoms in total. The molecule has 0 unspecified atom stereocenters. The molecule has 10 heteroatoms. The maximum atomic E-state index is 12.9. The van der Waals surface area contributed by atoms with Gasteiger partial charge in [0, 0.05) is 6.92 Å². The quantitative estimate of drug-likeness (QED) is 0.618. The van der Waals surface area contributed by atoms with Crippen molar-refractivity contribution < 1.29 is 37.0 Å². The van der Waals surface area contributed by atoms with Gasteiger partial charge in [0.15, 0.2) is 0 Å². The van der Waals surface area contributed by atoms with E-state index in [0.29, 0.717) is 12.1 Å². The second kappa shape index (κ2) is 8.18. The summed E-state index contributed by atoms with van der Waals surface area (Å²) in [7, 11) is 2.08. The number of hydrogen-bond donors (Lipinski definition) is 2. The summed E-state index contributed by atoms with van der Waals surface area (Å²) in [4.78, 5) is 34.2. The fraction of sp³-hybridized carbons (Fsp3) is 0.267. The summed E-state index contributed by atoms with van der Waals surface area (Å²) in [5.41, 5.74) is -1.78. The van der Waals surface area contributed by atoms with Gasteiger partial charge in [-0.2, -0.15) is 13.2 Å². The van der Waals surface area contributed by atoms with Crippen LogP contribution in [0.5, 0.6) is 0 Å². The van der Waals surface area contributed by atoms with Crippen LogP contribution in [0.4, 0.5) is 24.5 Å². The zero-order valence-electron chi connectivity index (χ0n) is 13.5. The predicted molar refractivity (Wildman–Crippen MR) is 81.5 cm³/mol. The van der Waals surface area contributed by atoms with Crippen LogP contribution in [0.2, 0.25) is 0 Å². The number of anilines is 2. The molecule has 0 bridgehead atoms. The molecule has 1 aromatic rings. The van der Waals surface area contributed by atoms with Gasteiger partial charge in [0.2, 0.25) is 5.91 Å². The Bertz CT molecular complexity index is 714. The molecule has 25 heavy (non-hydrogen) atoms. The van der Waals surface area contributed by atoms with Crippen molar-refractivity contribution in [1.29, 1.82) is 0 Å². The number of hydrogen-bond acceptors (Lipinski definition) is 6. The second-order valence-electron chi connectivity index (χ2n) is 4.64. The molecule has 2 N–H and O–H groups in total. The molecule has 136 valence electrons. The SMILES string of the molecule is COC(=O)/C=C(/Nc1cc(C(F)(F)F)ccc1NC(C)=O)C(=O)OC. The number of ether oxygens (including phenoxy) is 2. The van der Waals surface area contributed by atoms with Gasteiger partial charge in [-0.3, -0.25) is 4.79 Å². The van der Waals surface area contributed by atoms with E-state index in [0.717, 1.165) is 33.3 Å². The molecular formula is C15H15F3N2O5. The average molecular weight is 360 g/mol. The van der Waals surface area contributed by atoms with Crippen LogP contribution >= 0.6 is 0 Å². The van der Waals surface area contributed by atoms with Crippen molar-refractivity contribution in [2.75, 3.05) is 24.9 Å². The highest BCUT2D eigenvalue weighted by Gasteiger charge is 2.31. The minimum Gasteiger partial charge on any atom is -0.466 e. The summed E-state index contributed by atoms with van der Waals surface area (Å²) in [6, 6.07) is 2.46.